The van der Waals surface area contributed by atoms with Crippen LogP contribution in [-0.2, 0) is 14.2 Å². The van der Waals surface area contributed by atoms with Gasteiger partial charge in [-0.25, -0.2) is 4.79 Å². The molecule has 4 rings (SSSR count). The second kappa shape index (κ2) is 3.59. The van der Waals surface area contributed by atoms with Gasteiger partial charge < -0.3 is 19.3 Å². The van der Waals surface area contributed by atoms with Crippen molar-refractivity contribution in [1.29, 1.82) is 0 Å². The molecule has 0 aliphatic carbocycles. The minimum atomic E-state index is -1.10. The molecule has 3 aliphatic rings. The smallest absolute Gasteiger partial charge is 0.330 e. The van der Waals surface area contributed by atoms with Crippen molar-refractivity contribution >= 4 is 0 Å². The highest BCUT2D eigenvalue weighted by molar-refractivity contribution is 5.17. The summed E-state index contributed by atoms with van der Waals surface area (Å²) in [7, 11) is 0. The topological polar surface area (TPSA) is 103 Å². The van der Waals surface area contributed by atoms with Crippen molar-refractivity contribution in [3.63, 3.8) is 0 Å². The Kier molecular flexibility index (Phi) is 2.20. The third kappa shape index (κ3) is 1.44. The lowest BCUT2D eigenvalue weighted by Gasteiger charge is -2.32. The largest absolute Gasteiger partial charge is 0.384 e. The van der Waals surface area contributed by atoms with Crippen LogP contribution in [0.4, 0.5) is 0 Å². The van der Waals surface area contributed by atoms with E-state index >= 15 is 0 Å². The van der Waals surface area contributed by atoms with Crippen molar-refractivity contribution in [3.05, 3.63) is 32.6 Å². The number of aromatic amines is 1. The molecule has 0 amide bonds. The first-order valence-corrected chi connectivity index (χ1v) is 6.42. The van der Waals surface area contributed by atoms with Gasteiger partial charge in [-0.15, -0.1) is 0 Å². The molecule has 2 bridgehead atoms. The molecule has 3 aliphatic heterocycles. The molecule has 4 heterocycles. The van der Waals surface area contributed by atoms with Gasteiger partial charge in [-0.1, -0.05) is 0 Å². The Balaban J connectivity index is 1.90. The molecule has 8 heteroatoms. The number of nitrogens with zero attached hydrogens (tertiary/aromatic N) is 1. The first-order valence-electron chi connectivity index (χ1n) is 6.42. The molecule has 0 aromatic carbocycles. The number of fused-ring (bicyclic) bond motifs is 7. The zero-order valence-electron chi connectivity index (χ0n) is 10.9. The molecule has 108 valence electrons. The first-order chi connectivity index (χ1) is 9.37. The van der Waals surface area contributed by atoms with Crippen molar-refractivity contribution in [2.24, 2.45) is 0 Å². The second-order valence-electron chi connectivity index (χ2n) is 5.73. The van der Waals surface area contributed by atoms with E-state index in [1.54, 1.807) is 13.8 Å². The molecule has 0 radical (unpaired) electrons. The van der Waals surface area contributed by atoms with Gasteiger partial charge >= 0.3 is 5.69 Å². The van der Waals surface area contributed by atoms with Crippen LogP contribution in [0.3, 0.4) is 0 Å². The second-order valence-corrected chi connectivity index (χ2v) is 5.73. The van der Waals surface area contributed by atoms with E-state index in [4.69, 9.17) is 14.2 Å². The Morgan fingerprint density at radius 3 is 2.70 bits per heavy atom. The zero-order chi connectivity index (χ0) is 14.2. The lowest BCUT2D eigenvalue weighted by Crippen LogP contribution is -2.43. The van der Waals surface area contributed by atoms with E-state index in [-0.39, 0.29) is 5.69 Å². The van der Waals surface area contributed by atoms with Gasteiger partial charge in [-0.2, -0.15) is 0 Å². The summed E-state index contributed by atoms with van der Waals surface area (Å²) in [5, 5.41) is 10.3. The molecule has 20 heavy (non-hydrogen) atoms. The molecule has 1 unspecified atom stereocenters. The van der Waals surface area contributed by atoms with Crippen molar-refractivity contribution < 1.29 is 19.3 Å². The normalized spacial score (nSPS) is 40.5. The van der Waals surface area contributed by atoms with E-state index in [1.807, 2.05) is 0 Å². The Labute approximate surface area is 112 Å². The van der Waals surface area contributed by atoms with E-state index in [1.165, 1.54) is 10.6 Å². The van der Waals surface area contributed by atoms with E-state index in [2.05, 4.69) is 4.98 Å². The van der Waals surface area contributed by atoms with Crippen LogP contribution in [0.1, 0.15) is 31.9 Å². The first kappa shape index (κ1) is 12.3. The van der Waals surface area contributed by atoms with E-state index in [0.717, 1.165) is 0 Å². The summed E-state index contributed by atoms with van der Waals surface area (Å²) in [6.45, 7) is 3.54. The van der Waals surface area contributed by atoms with Gasteiger partial charge in [0.05, 0.1) is 5.69 Å². The fourth-order valence-electron chi connectivity index (χ4n) is 3.25. The molecule has 1 aromatic heterocycles. The summed E-state index contributed by atoms with van der Waals surface area (Å²) in [6.07, 6.45) is -3.41. The number of aliphatic hydroxyl groups is 1. The van der Waals surface area contributed by atoms with Gasteiger partial charge in [0.25, 0.3) is 5.56 Å². The standard InChI is InChI=1S/C12H14N2O6/c1-12(2)19-8-7-6(16)4-3-5(15)13-11(17)14(4)10(18-7)9(8)20-12/h3,6-10,16H,1-2H3,(H,13,15,17)/t6?,7-,8-,9-,10-/m1/s1. The summed E-state index contributed by atoms with van der Waals surface area (Å²) >= 11 is 0. The molecule has 1 aromatic rings. The van der Waals surface area contributed by atoms with Crippen LogP contribution >= 0.6 is 0 Å². The van der Waals surface area contributed by atoms with Gasteiger partial charge in [0.1, 0.15) is 24.4 Å². The number of rotatable bonds is 0. The minimum Gasteiger partial charge on any atom is -0.384 e. The van der Waals surface area contributed by atoms with Crippen LogP contribution in [0.2, 0.25) is 0 Å². The maximum absolute atomic E-state index is 12.0. The van der Waals surface area contributed by atoms with E-state index < -0.39 is 47.7 Å². The van der Waals surface area contributed by atoms with Gasteiger partial charge in [-0.3, -0.25) is 14.3 Å². The van der Waals surface area contributed by atoms with Crippen molar-refractivity contribution in [2.45, 2.75) is 50.3 Å². The average molecular weight is 282 g/mol. The number of aliphatic hydroxyl groups excluding tert-OH is 1. The molecule has 5 atom stereocenters. The number of hydrogen-bond acceptors (Lipinski definition) is 6. The molecule has 2 fully saturated rings. The summed E-state index contributed by atoms with van der Waals surface area (Å²) in [4.78, 5) is 25.6. The van der Waals surface area contributed by atoms with Gasteiger partial charge in [0.2, 0.25) is 0 Å². The third-order valence-corrected chi connectivity index (χ3v) is 3.94. The summed E-state index contributed by atoms with van der Waals surface area (Å²) in [5.41, 5.74) is -0.933. The Morgan fingerprint density at radius 2 is 1.95 bits per heavy atom. The van der Waals surface area contributed by atoms with Gasteiger partial charge in [0.15, 0.2) is 12.0 Å². The summed E-state index contributed by atoms with van der Waals surface area (Å²) in [6, 6.07) is 1.21. The molecule has 2 saturated heterocycles. The van der Waals surface area contributed by atoms with Crippen LogP contribution in [-0.4, -0.2) is 38.8 Å². The highest BCUT2D eigenvalue weighted by Gasteiger charge is 2.61. The fourth-order valence-corrected chi connectivity index (χ4v) is 3.25. The lowest BCUT2D eigenvalue weighted by molar-refractivity contribution is -0.218. The maximum Gasteiger partial charge on any atom is 0.330 e. The number of ether oxygens (including phenoxy) is 3. The predicted molar refractivity (Wildman–Crippen MR) is 64.0 cm³/mol. The van der Waals surface area contributed by atoms with Crippen molar-refractivity contribution in [3.8, 4) is 0 Å². The highest BCUT2D eigenvalue weighted by Crippen LogP contribution is 2.49. The third-order valence-electron chi connectivity index (χ3n) is 3.94. The van der Waals surface area contributed by atoms with Crippen LogP contribution < -0.4 is 11.2 Å². The summed E-state index contributed by atoms with van der Waals surface area (Å²) in [5.74, 6) is -0.793. The van der Waals surface area contributed by atoms with Crippen LogP contribution in [0, 0.1) is 0 Å². The SMILES string of the molecule is CC1(C)O[C@@H]2[C@H](O1)[C@@H]1O[C@H]2n2c(cc(=O)[nH]c2=O)C1O. The number of nitrogens with one attached hydrogen (secondary N) is 1. The maximum atomic E-state index is 12.0. The molecule has 0 spiro atoms. The fraction of sp³-hybridized carbons (Fsp3) is 0.667. The zero-order valence-corrected chi connectivity index (χ0v) is 10.9. The van der Waals surface area contributed by atoms with Gasteiger partial charge in [-0.05, 0) is 13.8 Å². The number of aromatic nitrogens is 2. The number of hydrogen-bond donors (Lipinski definition) is 2. The highest BCUT2D eigenvalue weighted by atomic mass is 16.8. The predicted octanol–water partition coefficient (Wildman–Crippen LogP) is -0.999. The Hall–Kier alpha value is -1.48. The molecule has 2 N–H and O–H groups in total. The molecular formula is C12H14N2O6. The van der Waals surface area contributed by atoms with Crippen LogP contribution in [0.15, 0.2) is 15.7 Å². The lowest BCUT2D eigenvalue weighted by atomic mass is 10.1. The van der Waals surface area contributed by atoms with Crippen LogP contribution in [0.5, 0.6) is 0 Å². The minimum absolute atomic E-state index is 0.236. The Morgan fingerprint density at radius 1 is 1.25 bits per heavy atom. The van der Waals surface area contributed by atoms with Crippen LogP contribution in [0.25, 0.3) is 0 Å². The molecule has 8 nitrogen and oxygen atoms in total. The Bertz CT molecular complexity index is 692. The van der Waals surface area contributed by atoms with E-state index in [9.17, 15) is 14.7 Å². The van der Waals surface area contributed by atoms with Crippen molar-refractivity contribution in [2.75, 3.05) is 0 Å². The van der Waals surface area contributed by atoms with E-state index in [0.29, 0.717) is 0 Å². The quantitative estimate of drug-likeness (QED) is 0.633. The molecule has 0 saturated carbocycles. The average Bonchev–Trinajstić information content (AvgIpc) is 2.79. The number of H-pyrrole nitrogens is 1. The monoisotopic (exact) mass is 282 g/mol. The van der Waals surface area contributed by atoms with Crippen molar-refractivity contribution in [1.82, 2.24) is 9.55 Å². The molecular weight excluding hydrogens is 268 g/mol. The van der Waals surface area contributed by atoms with Gasteiger partial charge in [0, 0.05) is 6.07 Å². The summed E-state index contributed by atoms with van der Waals surface area (Å²) < 4.78 is 18.4.